The van der Waals surface area contributed by atoms with Crippen LogP contribution in [0.4, 0.5) is 0 Å². The number of carbonyl (C=O) groups excluding carboxylic acids is 1. The minimum atomic E-state index is -0.148. The van der Waals surface area contributed by atoms with Crippen LogP contribution < -0.4 is 5.32 Å². The van der Waals surface area contributed by atoms with Crippen molar-refractivity contribution in [3.8, 4) is 0 Å². The predicted octanol–water partition coefficient (Wildman–Crippen LogP) is 1.99. The molecule has 6 heteroatoms. The van der Waals surface area contributed by atoms with Crippen molar-refractivity contribution in [2.45, 2.75) is 32.4 Å². The predicted molar refractivity (Wildman–Crippen MR) is 82.9 cm³/mol. The van der Waals surface area contributed by atoms with Gasteiger partial charge in [-0.2, -0.15) is 0 Å². The maximum Gasteiger partial charge on any atom is 0.220 e. The molecule has 0 aliphatic carbocycles. The van der Waals surface area contributed by atoms with Crippen molar-refractivity contribution in [2.24, 2.45) is 7.05 Å². The van der Waals surface area contributed by atoms with Gasteiger partial charge in [0.15, 0.2) is 5.82 Å². The maximum absolute atomic E-state index is 11.9. The molecular weight excluding hydrogens is 280 g/mol. The van der Waals surface area contributed by atoms with Crippen LogP contribution in [0.5, 0.6) is 0 Å². The van der Waals surface area contributed by atoms with E-state index in [1.165, 1.54) is 0 Å². The molecule has 1 heterocycles. The van der Waals surface area contributed by atoms with Crippen molar-refractivity contribution in [1.29, 1.82) is 0 Å². The summed E-state index contributed by atoms with van der Waals surface area (Å²) in [5, 5.41) is 10.7. The summed E-state index contributed by atoms with van der Waals surface area (Å²) in [5.74, 6) is 0.743. The van der Waals surface area contributed by atoms with Gasteiger partial charge in [-0.3, -0.25) is 4.79 Å². The minimum Gasteiger partial charge on any atom is -0.377 e. The Bertz CT molecular complexity index is 583. The van der Waals surface area contributed by atoms with Crippen molar-refractivity contribution in [2.75, 3.05) is 6.61 Å². The molecule has 0 saturated carbocycles. The van der Waals surface area contributed by atoms with Gasteiger partial charge in [-0.1, -0.05) is 30.3 Å². The quantitative estimate of drug-likeness (QED) is 0.757. The highest BCUT2D eigenvalue weighted by Gasteiger charge is 2.13. The van der Waals surface area contributed by atoms with E-state index in [-0.39, 0.29) is 11.9 Å². The fourth-order valence-electron chi connectivity index (χ4n) is 2.16. The van der Waals surface area contributed by atoms with Crippen LogP contribution in [0.1, 0.15) is 37.2 Å². The summed E-state index contributed by atoms with van der Waals surface area (Å²) in [6.45, 7) is 3.05. The standard InChI is InChI=1S/C16H22N4O2/c1-13(16-19-17-12-20(16)2)18-15(21)9-6-10-22-11-14-7-4-3-5-8-14/h3-5,7-8,12-13H,6,9-11H2,1-2H3,(H,18,21)/t13-/m0/s1. The first kappa shape index (κ1) is 16.2. The summed E-state index contributed by atoms with van der Waals surface area (Å²) in [7, 11) is 1.86. The molecule has 1 aromatic carbocycles. The van der Waals surface area contributed by atoms with Crippen LogP contribution in [0.25, 0.3) is 0 Å². The molecule has 1 amide bonds. The Morgan fingerprint density at radius 1 is 1.36 bits per heavy atom. The van der Waals surface area contributed by atoms with Crippen LogP contribution >= 0.6 is 0 Å². The maximum atomic E-state index is 11.9. The number of ether oxygens (including phenoxy) is 1. The highest BCUT2D eigenvalue weighted by molar-refractivity contribution is 5.76. The monoisotopic (exact) mass is 302 g/mol. The first-order valence-electron chi connectivity index (χ1n) is 7.41. The molecule has 0 aliphatic rings. The van der Waals surface area contributed by atoms with Gasteiger partial charge < -0.3 is 14.6 Å². The molecule has 0 aliphatic heterocycles. The fraction of sp³-hybridized carbons (Fsp3) is 0.438. The molecule has 0 radical (unpaired) electrons. The topological polar surface area (TPSA) is 69.0 Å². The van der Waals surface area contributed by atoms with Crippen LogP contribution in [-0.4, -0.2) is 27.3 Å². The molecule has 0 saturated heterocycles. The number of aryl methyl sites for hydroxylation is 1. The third-order valence-corrected chi connectivity index (χ3v) is 3.32. The average Bonchev–Trinajstić information content (AvgIpc) is 2.94. The number of carbonyl (C=O) groups is 1. The summed E-state index contributed by atoms with van der Waals surface area (Å²) in [6.07, 6.45) is 2.76. The molecule has 118 valence electrons. The van der Waals surface area contributed by atoms with Gasteiger partial charge in [-0.05, 0) is 18.9 Å². The summed E-state index contributed by atoms with van der Waals surface area (Å²) in [6, 6.07) is 9.85. The van der Waals surface area contributed by atoms with Gasteiger partial charge in [0.25, 0.3) is 0 Å². The second kappa shape index (κ2) is 8.29. The zero-order valence-electron chi connectivity index (χ0n) is 13.0. The second-order valence-electron chi connectivity index (χ2n) is 5.23. The highest BCUT2D eigenvalue weighted by atomic mass is 16.5. The Morgan fingerprint density at radius 3 is 2.82 bits per heavy atom. The van der Waals surface area contributed by atoms with Crippen LogP contribution in [-0.2, 0) is 23.2 Å². The Hall–Kier alpha value is -2.21. The zero-order chi connectivity index (χ0) is 15.8. The molecule has 1 atom stereocenters. The van der Waals surface area contributed by atoms with E-state index >= 15 is 0 Å². The third kappa shape index (κ3) is 4.96. The first-order chi connectivity index (χ1) is 10.7. The smallest absolute Gasteiger partial charge is 0.220 e. The number of hydrogen-bond donors (Lipinski definition) is 1. The van der Waals surface area contributed by atoms with Crippen LogP contribution in [0.15, 0.2) is 36.7 Å². The number of aromatic nitrogens is 3. The van der Waals surface area contributed by atoms with E-state index in [0.29, 0.717) is 26.1 Å². The Balaban J connectivity index is 1.61. The lowest BCUT2D eigenvalue weighted by molar-refractivity contribution is -0.122. The van der Waals surface area contributed by atoms with Gasteiger partial charge in [-0.25, -0.2) is 0 Å². The van der Waals surface area contributed by atoms with Crippen LogP contribution in [0.2, 0.25) is 0 Å². The molecule has 0 fully saturated rings. The molecule has 0 bridgehead atoms. The van der Waals surface area contributed by atoms with E-state index in [4.69, 9.17) is 4.74 Å². The molecule has 1 aromatic heterocycles. The third-order valence-electron chi connectivity index (χ3n) is 3.32. The average molecular weight is 302 g/mol. The van der Waals surface area contributed by atoms with Gasteiger partial charge in [-0.15, -0.1) is 10.2 Å². The molecule has 2 aromatic rings. The van der Waals surface area contributed by atoms with Crippen LogP contribution in [0.3, 0.4) is 0 Å². The summed E-state index contributed by atoms with van der Waals surface area (Å²) < 4.78 is 7.36. The second-order valence-corrected chi connectivity index (χ2v) is 5.23. The molecule has 0 spiro atoms. The van der Waals surface area contributed by atoms with Crippen molar-refractivity contribution in [3.05, 3.63) is 48.0 Å². The Labute approximate surface area is 130 Å². The first-order valence-corrected chi connectivity index (χ1v) is 7.41. The molecule has 1 N–H and O–H groups in total. The zero-order valence-corrected chi connectivity index (χ0v) is 13.0. The van der Waals surface area contributed by atoms with Gasteiger partial charge in [0, 0.05) is 20.1 Å². The van der Waals surface area contributed by atoms with E-state index in [2.05, 4.69) is 15.5 Å². The lowest BCUT2D eigenvalue weighted by atomic mass is 10.2. The lowest BCUT2D eigenvalue weighted by Crippen LogP contribution is -2.28. The normalized spacial score (nSPS) is 12.1. The number of hydrogen-bond acceptors (Lipinski definition) is 4. The summed E-state index contributed by atoms with van der Waals surface area (Å²) in [5.41, 5.74) is 1.14. The summed E-state index contributed by atoms with van der Waals surface area (Å²) >= 11 is 0. The number of amides is 1. The van der Waals surface area contributed by atoms with Crippen molar-refractivity contribution >= 4 is 5.91 Å². The Kier molecular flexibility index (Phi) is 6.09. The lowest BCUT2D eigenvalue weighted by Gasteiger charge is -2.12. The summed E-state index contributed by atoms with van der Waals surface area (Å²) in [4.78, 5) is 11.9. The molecule has 0 unspecified atom stereocenters. The fourth-order valence-corrected chi connectivity index (χ4v) is 2.16. The van der Waals surface area contributed by atoms with Gasteiger partial charge in [0.1, 0.15) is 6.33 Å². The largest absolute Gasteiger partial charge is 0.377 e. The van der Waals surface area contributed by atoms with Crippen molar-refractivity contribution < 1.29 is 9.53 Å². The van der Waals surface area contributed by atoms with Gasteiger partial charge >= 0.3 is 0 Å². The van der Waals surface area contributed by atoms with Crippen LogP contribution in [0, 0.1) is 0 Å². The minimum absolute atomic E-state index is 0.00110. The Morgan fingerprint density at radius 2 is 2.14 bits per heavy atom. The molecule has 22 heavy (non-hydrogen) atoms. The van der Waals surface area contributed by atoms with E-state index < -0.39 is 0 Å². The molecule has 2 rings (SSSR count). The number of nitrogens with zero attached hydrogens (tertiary/aromatic N) is 3. The van der Waals surface area contributed by atoms with Gasteiger partial charge in [0.2, 0.25) is 5.91 Å². The van der Waals surface area contributed by atoms with E-state index in [1.54, 1.807) is 10.9 Å². The molecular formula is C16H22N4O2. The number of benzene rings is 1. The number of nitrogens with one attached hydrogen (secondary N) is 1. The van der Waals surface area contributed by atoms with Crippen molar-refractivity contribution in [1.82, 2.24) is 20.1 Å². The molecule has 6 nitrogen and oxygen atoms in total. The number of rotatable bonds is 8. The van der Waals surface area contributed by atoms with E-state index in [9.17, 15) is 4.79 Å². The van der Waals surface area contributed by atoms with E-state index in [1.807, 2.05) is 44.3 Å². The van der Waals surface area contributed by atoms with Crippen molar-refractivity contribution in [3.63, 3.8) is 0 Å². The SMILES string of the molecule is C[C@H](NC(=O)CCCOCc1ccccc1)c1nncn1C. The van der Waals surface area contributed by atoms with E-state index in [0.717, 1.165) is 11.4 Å². The highest BCUT2D eigenvalue weighted by Crippen LogP contribution is 2.08. The van der Waals surface area contributed by atoms with Gasteiger partial charge in [0.05, 0.1) is 12.6 Å².